The van der Waals surface area contributed by atoms with Crippen LogP contribution in [0.2, 0.25) is 0 Å². The van der Waals surface area contributed by atoms with Gasteiger partial charge in [-0.25, -0.2) is 13.4 Å². The fourth-order valence-electron chi connectivity index (χ4n) is 4.15. The fraction of sp³-hybridized carbons (Fsp3) is 0.120. The highest BCUT2D eigenvalue weighted by Gasteiger charge is 2.19. The maximum atomic E-state index is 11.5. The van der Waals surface area contributed by atoms with Crippen molar-refractivity contribution in [2.45, 2.75) is 13.8 Å². The van der Waals surface area contributed by atoms with Crippen molar-refractivity contribution in [2.24, 2.45) is 0 Å². The summed E-state index contributed by atoms with van der Waals surface area (Å²) in [7, 11) is -3.34. The van der Waals surface area contributed by atoms with Crippen LogP contribution in [0.25, 0.3) is 31.6 Å². The van der Waals surface area contributed by atoms with Gasteiger partial charge < -0.3 is 10.3 Å². The first-order valence-electron chi connectivity index (χ1n) is 10.5. The summed E-state index contributed by atoms with van der Waals surface area (Å²) in [6, 6.07) is 15.6. The third-order valence-electron chi connectivity index (χ3n) is 5.79. The molecule has 5 aromatic rings. The van der Waals surface area contributed by atoms with Gasteiger partial charge in [0.2, 0.25) is 10.0 Å². The number of hydrogen-bond donors (Lipinski definition) is 3. The van der Waals surface area contributed by atoms with Crippen molar-refractivity contribution >= 4 is 59.5 Å². The molecule has 34 heavy (non-hydrogen) atoms. The highest BCUT2D eigenvalue weighted by atomic mass is 32.2. The van der Waals surface area contributed by atoms with Gasteiger partial charge in [0.15, 0.2) is 0 Å². The Morgan fingerprint density at radius 1 is 1.06 bits per heavy atom. The normalized spacial score (nSPS) is 11.6. The van der Waals surface area contributed by atoms with Crippen LogP contribution in [0.4, 0.5) is 17.1 Å². The third-order valence-corrected chi connectivity index (χ3v) is 7.65. The minimum atomic E-state index is -3.34. The van der Waals surface area contributed by atoms with Crippen LogP contribution in [0.3, 0.4) is 0 Å². The Morgan fingerprint density at radius 3 is 2.53 bits per heavy atom. The molecule has 0 aliphatic rings. The standard InChI is InChI=1S/C25H21N5O2S2/c1-14-19-10-11-27-21(19)9-8-20(14)29-23-17(12-26)13-28-25-22(23)15(2)24(33-25)16-4-6-18(7-5-16)30-34(3,31)32/h4-11,13,27,30H,1-3H3,(H,28,29). The van der Waals surface area contributed by atoms with E-state index in [0.717, 1.165) is 60.3 Å². The van der Waals surface area contributed by atoms with Gasteiger partial charge in [-0.2, -0.15) is 5.26 Å². The molecule has 2 aromatic carbocycles. The largest absolute Gasteiger partial charge is 0.361 e. The van der Waals surface area contributed by atoms with E-state index >= 15 is 0 Å². The molecule has 0 atom stereocenters. The lowest BCUT2D eigenvalue weighted by molar-refractivity contribution is 0.607. The van der Waals surface area contributed by atoms with Gasteiger partial charge in [-0.05, 0) is 60.9 Å². The molecule has 0 saturated heterocycles. The zero-order chi connectivity index (χ0) is 24.0. The van der Waals surface area contributed by atoms with Crippen LogP contribution in [0.1, 0.15) is 16.7 Å². The van der Waals surface area contributed by atoms with E-state index in [2.05, 4.69) is 33.0 Å². The Kier molecular flexibility index (Phi) is 5.27. The highest BCUT2D eigenvalue weighted by Crippen LogP contribution is 2.43. The first kappa shape index (κ1) is 21.9. The molecule has 3 heterocycles. The average molecular weight is 488 g/mol. The molecule has 0 bridgehead atoms. The molecule has 0 unspecified atom stereocenters. The zero-order valence-corrected chi connectivity index (χ0v) is 20.4. The van der Waals surface area contributed by atoms with E-state index < -0.39 is 10.0 Å². The second-order valence-corrected chi connectivity index (χ2v) is 10.9. The molecule has 0 fully saturated rings. The summed E-state index contributed by atoms with van der Waals surface area (Å²) in [5.41, 5.74) is 6.76. The van der Waals surface area contributed by atoms with Crippen LogP contribution in [-0.2, 0) is 10.0 Å². The topological polar surface area (TPSA) is 111 Å². The number of anilines is 3. The van der Waals surface area contributed by atoms with Crippen LogP contribution in [0, 0.1) is 25.2 Å². The quantitative estimate of drug-likeness (QED) is 0.280. The van der Waals surface area contributed by atoms with Gasteiger partial charge in [0.1, 0.15) is 10.9 Å². The lowest BCUT2D eigenvalue weighted by Crippen LogP contribution is -2.09. The van der Waals surface area contributed by atoms with Crippen LogP contribution in [0.15, 0.2) is 54.9 Å². The zero-order valence-electron chi connectivity index (χ0n) is 18.7. The van der Waals surface area contributed by atoms with E-state index in [1.54, 1.807) is 29.7 Å². The van der Waals surface area contributed by atoms with Crippen LogP contribution in [-0.4, -0.2) is 24.6 Å². The molecule has 0 amide bonds. The summed E-state index contributed by atoms with van der Waals surface area (Å²) in [6.45, 7) is 4.08. The number of aryl methyl sites for hydroxylation is 2. The van der Waals surface area contributed by atoms with Gasteiger partial charge in [0.05, 0.1) is 17.5 Å². The van der Waals surface area contributed by atoms with E-state index in [1.807, 2.05) is 43.5 Å². The summed E-state index contributed by atoms with van der Waals surface area (Å²) in [6.07, 6.45) is 4.64. The molecule has 170 valence electrons. The van der Waals surface area contributed by atoms with Crippen molar-refractivity contribution in [1.29, 1.82) is 5.26 Å². The molecule has 3 aromatic heterocycles. The molecule has 7 nitrogen and oxygen atoms in total. The number of aromatic nitrogens is 2. The minimum absolute atomic E-state index is 0.473. The number of pyridine rings is 1. The molecule has 0 saturated carbocycles. The van der Waals surface area contributed by atoms with Crippen molar-refractivity contribution in [3.63, 3.8) is 0 Å². The van der Waals surface area contributed by atoms with Crippen LogP contribution < -0.4 is 10.0 Å². The molecular formula is C25H21N5O2S2. The van der Waals surface area contributed by atoms with Crippen LogP contribution in [0.5, 0.6) is 0 Å². The predicted molar refractivity (Wildman–Crippen MR) is 139 cm³/mol. The summed E-state index contributed by atoms with van der Waals surface area (Å²) in [5, 5.41) is 15.4. The summed E-state index contributed by atoms with van der Waals surface area (Å²) in [5.74, 6) is 0. The number of H-pyrrole nitrogens is 1. The average Bonchev–Trinajstić information content (AvgIpc) is 3.40. The molecular weight excluding hydrogens is 466 g/mol. The number of rotatable bonds is 5. The number of thiophene rings is 1. The second-order valence-electron chi connectivity index (χ2n) is 8.15. The summed E-state index contributed by atoms with van der Waals surface area (Å²) in [4.78, 5) is 9.62. The first-order chi connectivity index (χ1) is 16.2. The third kappa shape index (κ3) is 3.87. The molecule has 3 N–H and O–H groups in total. The van der Waals surface area contributed by atoms with Gasteiger partial charge in [-0.1, -0.05) is 12.1 Å². The Hall–Kier alpha value is -3.87. The molecule has 0 aliphatic heterocycles. The Balaban J connectivity index is 1.62. The minimum Gasteiger partial charge on any atom is -0.361 e. The second kappa shape index (κ2) is 8.17. The van der Waals surface area contributed by atoms with E-state index in [1.165, 1.54) is 0 Å². The Morgan fingerprint density at radius 2 is 1.82 bits per heavy atom. The van der Waals surface area contributed by atoms with E-state index in [-0.39, 0.29) is 0 Å². The SMILES string of the molecule is Cc1c(Nc2c(C#N)cnc3sc(-c4ccc(NS(C)(=O)=O)cc4)c(C)c23)ccc2[nH]ccc12. The van der Waals surface area contributed by atoms with Crippen molar-refractivity contribution in [2.75, 3.05) is 16.3 Å². The molecule has 0 aliphatic carbocycles. The van der Waals surface area contributed by atoms with Crippen molar-refractivity contribution in [3.8, 4) is 16.5 Å². The number of nitrogens with zero attached hydrogens (tertiary/aromatic N) is 2. The van der Waals surface area contributed by atoms with Crippen molar-refractivity contribution in [1.82, 2.24) is 9.97 Å². The maximum Gasteiger partial charge on any atom is 0.229 e. The molecule has 9 heteroatoms. The molecule has 0 radical (unpaired) electrons. The Bertz CT molecular complexity index is 1710. The number of fused-ring (bicyclic) bond motifs is 2. The highest BCUT2D eigenvalue weighted by molar-refractivity contribution is 7.92. The number of hydrogen-bond acceptors (Lipinski definition) is 6. The van der Waals surface area contributed by atoms with E-state index in [4.69, 9.17) is 0 Å². The number of nitrogens with one attached hydrogen (secondary N) is 3. The monoisotopic (exact) mass is 487 g/mol. The number of aromatic amines is 1. The summed E-state index contributed by atoms with van der Waals surface area (Å²) >= 11 is 1.54. The van der Waals surface area contributed by atoms with E-state index in [0.29, 0.717) is 11.3 Å². The number of benzene rings is 2. The lowest BCUT2D eigenvalue weighted by Gasteiger charge is -2.13. The molecule has 0 spiro atoms. The van der Waals surface area contributed by atoms with Gasteiger partial charge in [-0.3, -0.25) is 4.72 Å². The van der Waals surface area contributed by atoms with Gasteiger partial charge >= 0.3 is 0 Å². The fourth-order valence-corrected chi connectivity index (χ4v) is 5.88. The Labute approximate surface area is 201 Å². The van der Waals surface area contributed by atoms with Gasteiger partial charge in [0.25, 0.3) is 0 Å². The van der Waals surface area contributed by atoms with Gasteiger partial charge in [0, 0.05) is 44.9 Å². The number of nitriles is 1. The first-order valence-corrected chi connectivity index (χ1v) is 13.2. The lowest BCUT2D eigenvalue weighted by atomic mass is 10.0. The van der Waals surface area contributed by atoms with E-state index in [9.17, 15) is 13.7 Å². The van der Waals surface area contributed by atoms with Crippen molar-refractivity contribution < 1.29 is 8.42 Å². The maximum absolute atomic E-state index is 11.5. The predicted octanol–water partition coefficient (Wildman–Crippen LogP) is 6.05. The molecule has 5 rings (SSSR count). The number of sulfonamides is 1. The summed E-state index contributed by atoms with van der Waals surface area (Å²) < 4.78 is 25.5. The van der Waals surface area contributed by atoms with Crippen molar-refractivity contribution in [3.05, 3.63) is 71.5 Å². The van der Waals surface area contributed by atoms with Crippen LogP contribution >= 0.6 is 11.3 Å². The van der Waals surface area contributed by atoms with Gasteiger partial charge in [-0.15, -0.1) is 11.3 Å². The smallest absolute Gasteiger partial charge is 0.229 e.